The van der Waals surface area contributed by atoms with Crippen LogP contribution < -0.4 is 10.6 Å². The molecule has 0 saturated carbocycles. The number of carbonyl (C=O) groups is 2. The van der Waals surface area contributed by atoms with Crippen LogP contribution in [-0.4, -0.2) is 17.9 Å². The van der Waals surface area contributed by atoms with E-state index in [0.29, 0.717) is 18.8 Å². The van der Waals surface area contributed by atoms with E-state index in [1.54, 1.807) is 0 Å². The Morgan fingerprint density at radius 2 is 2.20 bits per heavy atom. The first-order chi connectivity index (χ1) is 9.54. The number of fused-ring (bicyclic) bond motifs is 1. The van der Waals surface area contributed by atoms with Crippen molar-refractivity contribution in [3.63, 3.8) is 0 Å². The van der Waals surface area contributed by atoms with E-state index < -0.39 is 0 Å². The van der Waals surface area contributed by atoms with E-state index in [2.05, 4.69) is 42.7 Å². The standard InChI is InChI=1S/C16H20N2O2/c1-9-3-4-11-8-10(2)15(12(11)7-9)18-16(20)13-5-6-14(19)17-13/h3-4,7,10,13,15H,5-6,8H2,1-2H3,(H,17,19)(H,18,20)/t10-,13+,15+/m0/s1. The van der Waals surface area contributed by atoms with E-state index in [4.69, 9.17) is 0 Å². The first-order valence-electron chi connectivity index (χ1n) is 7.24. The summed E-state index contributed by atoms with van der Waals surface area (Å²) >= 11 is 0. The highest BCUT2D eigenvalue weighted by Crippen LogP contribution is 2.36. The number of hydrogen-bond donors (Lipinski definition) is 2. The van der Waals surface area contributed by atoms with E-state index in [9.17, 15) is 9.59 Å². The number of hydrogen-bond acceptors (Lipinski definition) is 2. The molecule has 4 heteroatoms. The summed E-state index contributed by atoms with van der Waals surface area (Å²) in [6, 6.07) is 6.15. The first kappa shape index (κ1) is 13.2. The monoisotopic (exact) mass is 272 g/mol. The summed E-state index contributed by atoms with van der Waals surface area (Å²) in [5.74, 6) is 0.316. The van der Waals surface area contributed by atoms with Crippen molar-refractivity contribution in [2.45, 2.75) is 45.2 Å². The molecule has 0 radical (unpaired) electrons. The second-order valence-corrected chi connectivity index (χ2v) is 6.03. The maximum Gasteiger partial charge on any atom is 0.243 e. The molecule has 0 unspecified atom stereocenters. The fourth-order valence-corrected chi connectivity index (χ4v) is 3.25. The van der Waals surface area contributed by atoms with Crippen LogP contribution in [0.3, 0.4) is 0 Å². The van der Waals surface area contributed by atoms with Crippen LogP contribution in [0.15, 0.2) is 18.2 Å². The lowest BCUT2D eigenvalue weighted by molar-refractivity contribution is -0.126. The van der Waals surface area contributed by atoms with Crippen LogP contribution >= 0.6 is 0 Å². The summed E-state index contributed by atoms with van der Waals surface area (Å²) in [6.45, 7) is 4.23. The van der Waals surface area contributed by atoms with Crippen molar-refractivity contribution in [1.82, 2.24) is 10.6 Å². The van der Waals surface area contributed by atoms with E-state index in [1.165, 1.54) is 16.7 Å². The largest absolute Gasteiger partial charge is 0.347 e. The van der Waals surface area contributed by atoms with Crippen LogP contribution in [0.25, 0.3) is 0 Å². The van der Waals surface area contributed by atoms with Crippen molar-refractivity contribution in [3.05, 3.63) is 34.9 Å². The van der Waals surface area contributed by atoms with E-state index in [-0.39, 0.29) is 23.9 Å². The molecule has 2 amide bonds. The maximum absolute atomic E-state index is 12.3. The Kier molecular flexibility index (Phi) is 3.24. The van der Waals surface area contributed by atoms with Crippen LogP contribution in [0, 0.1) is 12.8 Å². The van der Waals surface area contributed by atoms with Crippen molar-refractivity contribution < 1.29 is 9.59 Å². The summed E-state index contributed by atoms with van der Waals surface area (Å²) < 4.78 is 0. The van der Waals surface area contributed by atoms with Crippen molar-refractivity contribution in [1.29, 1.82) is 0 Å². The van der Waals surface area contributed by atoms with Crippen LogP contribution in [-0.2, 0) is 16.0 Å². The van der Waals surface area contributed by atoms with E-state index in [1.807, 2.05) is 0 Å². The Bertz CT molecular complexity index is 568. The van der Waals surface area contributed by atoms with Gasteiger partial charge >= 0.3 is 0 Å². The lowest BCUT2D eigenvalue weighted by Crippen LogP contribution is -2.43. The van der Waals surface area contributed by atoms with Gasteiger partial charge in [0.1, 0.15) is 6.04 Å². The Balaban J connectivity index is 1.76. The number of carbonyl (C=O) groups excluding carboxylic acids is 2. The minimum Gasteiger partial charge on any atom is -0.347 e. The normalized spacial score (nSPS) is 28.1. The fraction of sp³-hybridized carbons (Fsp3) is 0.500. The number of amides is 2. The van der Waals surface area contributed by atoms with E-state index >= 15 is 0 Å². The van der Waals surface area contributed by atoms with E-state index in [0.717, 1.165) is 6.42 Å². The van der Waals surface area contributed by atoms with Gasteiger partial charge in [-0.25, -0.2) is 0 Å². The lowest BCUT2D eigenvalue weighted by Gasteiger charge is -2.21. The van der Waals surface area contributed by atoms with Crippen LogP contribution in [0.4, 0.5) is 0 Å². The molecule has 3 rings (SSSR count). The lowest BCUT2D eigenvalue weighted by atomic mass is 10.0. The predicted molar refractivity (Wildman–Crippen MR) is 76.1 cm³/mol. The van der Waals surface area contributed by atoms with Crippen LogP contribution in [0.2, 0.25) is 0 Å². The van der Waals surface area contributed by atoms with Crippen molar-refractivity contribution in [2.24, 2.45) is 5.92 Å². The van der Waals surface area contributed by atoms with Crippen LogP contribution in [0.1, 0.15) is 42.5 Å². The van der Waals surface area contributed by atoms with Gasteiger partial charge in [0.05, 0.1) is 6.04 Å². The molecule has 4 nitrogen and oxygen atoms in total. The molecule has 1 aliphatic carbocycles. The summed E-state index contributed by atoms with van der Waals surface area (Å²) in [5, 5.41) is 5.85. The molecule has 3 atom stereocenters. The molecule has 1 fully saturated rings. The molecular formula is C16H20N2O2. The first-order valence-corrected chi connectivity index (χ1v) is 7.24. The number of rotatable bonds is 2. The highest BCUT2D eigenvalue weighted by Gasteiger charge is 2.34. The molecular weight excluding hydrogens is 252 g/mol. The van der Waals surface area contributed by atoms with Gasteiger partial charge in [-0.15, -0.1) is 0 Å². The smallest absolute Gasteiger partial charge is 0.243 e. The molecule has 1 saturated heterocycles. The summed E-state index contributed by atoms with van der Waals surface area (Å²) in [7, 11) is 0. The summed E-state index contributed by atoms with van der Waals surface area (Å²) in [4.78, 5) is 23.5. The molecule has 0 bridgehead atoms. The summed E-state index contributed by atoms with van der Waals surface area (Å²) in [6.07, 6.45) is 2.05. The van der Waals surface area contributed by atoms with Gasteiger partial charge in [0.25, 0.3) is 0 Å². The second-order valence-electron chi connectivity index (χ2n) is 6.03. The zero-order chi connectivity index (χ0) is 14.3. The molecule has 2 N–H and O–H groups in total. The van der Waals surface area contributed by atoms with Gasteiger partial charge in [0, 0.05) is 6.42 Å². The van der Waals surface area contributed by atoms with Gasteiger partial charge in [0.2, 0.25) is 11.8 Å². The van der Waals surface area contributed by atoms with Gasteiger partial charge in [-0.1, -0.05) is 30.7 Å². The van der Waals surface area contributed by atoms with Gasteiger partial charge < -0.3 is 10.6 Å². The molecule has 1 heterocycles. The second kappa shape index (κ2) is 4.93. The minimum atomic E-state index is -0.358. The molecule has 20 heavy (non-hydrogen) atoms. The number of benzene rings is 1. The van der Waals surface area contributed by atoms with Gasteiger partial charge in [-0.2, -0.15) is 0 Å². The molecule has 1 aromatic rings. The zero-order valence-electron chi connectivity index (χ0n) is 11.9. The molecule has 1 aliphatic heterocycles. The zero-order valence-corrected chi connectivity index (χ0v) is 11.9. The highest BCUT2D eigenvalue weighted by atomic mass is 16.2. The third-order valence-corrected chi connectivity index (χ3v) is 4.36. The van der Waals surface area contributed by atoms with Crippen molar-refractivity contribution in [2.75, 3.05) is 0 Å². The fourth-order valence-electron chi connectivity index (χ4n) is 3.25. The van der Waals surface area contributed by atoms with Crippen molar-refractivity contribution in [3.8, 4) is 0 Å². The summed E-state index contributed by atoms with van der Waals surface area (Å²) in [5.41, 5.74) is 3.77. The number of nitrogens with one attached hydrogen (secondary N) is 2. The van der Waals surface area contributed by atoms with Gasteiger partial charge in [-0.05, 0) is 36.8 Å². The minimum absolute atomic E-state index is 0.0270. The predicted octanol–water partition coefficient (Wildman–Crippen LogP) is 1.62. The molecule has 0 spiro atoms. The topological polar surface area (TPSA) is 58.2 Å². The Labute approximate surface area is 118 Å². The average molecular weight is 272 g/mol. The van der Waals surface area contributed by atoms with Gasteiger partial charge in [-0.3, -0.25) is 9.59 Å². The van der Waals surface area contributed by atoms with Gasteiger partial charge in [0.15, 0.2) is 0 Å². The third-order valence-electron chi connectivity index (χ3n) is 4.36. The quantitative estimate of drug-likeness (QED) is 0.859. The molecule has 0 aromatic heterocycles. The number of aryl methyl sites for hydroxylation is 1. The maximum atomic E-state index is 12.3. The SMILES string of the molecule is Cc1ccc2c(c1)[C@H](NC(=O)[C@H]1CCC(=O)N1)[C@@H](C)C2. The van der Waals surface area contributed by atoms with Crippen molar-refractivity contribution >= 4 is 11.8 Å². The Hall–Kier alpha value is -1.84. The molecule has 2 aliphatic rings. The highest BCUT2D eigenvalue weighted by molar-refractivity contribution is 5.91. The average Bonchev–Trinajstić information content (AvgIpc) is 2.95. The Morgan fingerprint density at radius 3 is 2.90 bits per heavy atom. The third kappa shape index (κ3) is 2.30. The Morgan fingerprint density at radius 1 is 1.40 bits per heavy atom. The molecule has 1 aromatic carbocycles. The van der Waals surface area contributed by atoms with Crippen LogP contribution in [0.5, 0.6) is 0 Å². The molecule has 106 valence electrons.